The van der Waals surface area contributed by atoms with E-state index in [9.17, 15) is 12.8 Å². The molecule has 4 fully saturated rings. The van der Waals surface area contributed by atoms with Crippen LogP contribution in [0.5, 0.6) is 0 Å². The average Bonchev–Trinajstić information content (AvgIpc) is 3.00. The SMILES string of the molecule is CC1C(OC2CCC(S(C)(=O)=O)CC2F)=NCN=C1N1C2CCC1CN(C1CCC(C)C(C(C)C)NO1)C2. The van der Waals surface area contributed by atoms with Crippen molar-refractivity contribution in [2.24, 2.45) is 27.7 Å². The van der Waals surface area contributed by atoms with Gasteiger partial charge < -0.3 is 9.64 Å². The summed E-state index contributed by atoms with van der Waals surface area (Å²) in [5.74, 6) is 2.49. The molecule has 2 bridgehead atoms. The fourth-order valence-corrected chi connectivity index (χ4v) is 8.34. The Bertz CT molecular complexity index is 1010. The standard InChI is InChI=1S/C27H46FN5O4S/c1-16(2)25-17(3)6-11-24(37-31-25)32-13-19-7-8-20(14-32)33(19)26-18(4)27(30-15-29-26)36-23-10-9-21(12-22(23)28)38(5,34)35/h16-25,31H,6-15H2,1-5H3. The minimum absolute atomic E-state index is 0.00694. The number of nitrogens with one attached hydrogen (secondary N) is 1. The molecular formula is C27H46FN5O4S. The zero-order valence-corrected chi connectivity index (χ0v) is 24.4. The fourth-order valence-electron chi connectivity index (χ4n) is 7.25. The average molecular weight is 556 g/mol. The Morgan fingerprint density at radius 3 is 2.39 bits per heavy atom. The van der Waals surface area contributed by atoms with Gasteiger partial charge in [-0.3, -0.25) is 9.74 Å². The van der Waals surface area contributed by atoms with Crippen molar-refractivity contribution >= 4 is 21.6 Å². The van der Waals surface area contributed by atoms with Crippen LogP contribution in [-0.2, 0) is 19.4 Å². The molecule has 4 aliphatic heterocycles. The van der Waals surface area contributed by atoms with Crippen LogP contribution in [0.2, 0.25) is 0 Å². The second-order valence-corrected chi connectivity index (χ2v) is 14.9. The van der Waals surface area contributed by atoms with E-state index in [4.69, 9.17) is 14.6 Å². The van der Waals surface area contributed by atoms with Crippen molar-refractivity contribution in [2.75, 3.05) is 26.0 Å². The largest absolute Gasteiger partial charge is 0.474 e. The van der Waals surface area contributed by atoms with Gasteiger partial charge in [0.15, 0.2) is 5.90 Å². The van der Waals surface area contributed by atoms with Crippen LogP contribution in [0.4, 0.5) is 4.39 Å². The number of hydrogen-bond acceptors (Lipinski definition) is 9. The zero-order chi connectivity index (χ0) is 27.2. The summed E-state index contributed by atoms with van der Waals surface area (Å²) in [6.45, 7) is 11.0. The maximum atomic E-state index is 14.9. The van der Waals surface area contributed by atoms with E-state index in [2.05, 4.69) is 41.0 Å². The lowest BCUT2D eigenvalue weighted by molar-refractivity contribution is -0.134. The van der Waals surface area contributed by atoms with Gasteiger partial charge in [0.2, 0.25) is 0 Å². The van der Waals surface area contributed by atoms with Gasteiger partial charge in [0.05, 0.1) is 11.2 Å². The van der Waals surface area contributed by atoms with Crippen LogP contribution in [0.3, 0.4) is 0 Å². The number of sulfone groups is 1. The molecule has 9 nitrogen and oxygen atoms in total. The third kappa shape index (κ3) is 5.76. The molecule has 216 valence electrons. The molecule has 1 aliphatic carbocycles. The number of aliphatic imine (C=N–C) groups is 2. The monoisotopic (exact) mass is 555 g/mol. The first-order chi connectivity index (χ1) is 18.0. The van der Waals surface area contributed by atoms with Gasteiger partial charge in [-0.2, -0.15) is 5.48 Å². The summed E-state index contributed by atoms with van der Waals surface area (Å²) >= 11 is 0. The van der Waals surface area contributed by atoms with Crippen molar-refractivity contribution in [3.63, 3.8) is 0 Å². The van der Waals surface area contributed by atoms with Crippen molar-refractivity contribution < 1.29 is 22.4 Å². The zero-order valence-electron chi connectivity index (χ0n) is 23.6. The molecule has 11 heteroatoms. The molecule has 0 spiro atoms. The lowest BCUT2D eigenvalue weighted by Gasteiger charge is -2.46. The van der Waals surface area contributed by atoms with Gasteiger partial charge in [0.25, 0.3) is 0 Å². The smallest absolute Gasteiger partial charge is 0.196 e. The molecule has 1 saturated carbocycles. The maximum Gasteiger partial charge on any atom is 0.196 e. The minimum Gasteiger partial charge on any atom is -0.474 e. The van der Waals surface area contributed by atoms with Gasteiger partial charge in [-0.1, -0.05) is 20.8 Å². The van der Waals surface area contributed by atoms with Gasteiger partial charge in [-0.25, -0.2) is 22.8 Å². The molecule has 0 aromatic heterocycles. The van der Waals surface area contributed by atoms with E-state index < -0.39 is 27.4 Å². The molecule has 0 aromatic rings. The predicted octanol–water partition coefficient (Wildman–Crippen LogP) is 3.16. The van der Waals surface area contributed by atoms with E-state index in [1.165, 1.54) is 6.26 Å². The van der Waals surface area contributed by atoms with Crippen LogP contribution >= 0.6 is 0 Å². The summed E-state index contributed by atoms with van der Waals surface area (Å²) in [6, 6.07) is 1.09. The number of amidine groups is 1. The Labute approximate surface area is 227 Å². The molecule has 38 heavy (non-hydrogen) atoms. The number of piperazine rings is 1. The molecule has 5 aliphatic rings. The summed E-state index contributed by atoms with van der Waals surface area (Å²) in [4.78, 5) is 20.6. The number of ether oxygens (including phenoxy) is 1. The van der Waals surface area contributed by atoms with Gasteiger partial charge in [-0.15, -0.1) is 0 Å². The molecule has 9 unspecified atom stereocenters. The van der Waals surface area contributed by atoms with Crippen molar-refractivity contribution in [3.05, 3.63) is 0 Å². The Morgan fingerprint density at radius 1 is 1.05 bits per heavy atom. The van der Waals surface area contributed by atoms with Gasteiger partial charge in [-0.05, 0) is 63.7 Å². The van der Waals surface area contributed by atoms with E-state index in [-0.39, 0.29) is 25.2 Å². The van der Waals surface area contributed by atoms with E-state index >= 15 is 0 Å². The maximum absolute atomic E-state index is 14.9. The van der Waals surface area contributed by atoms with Gasteiger partial charge >= 0.3 is 0 Å². The third-order valence-electron chi connectivity index (χ3n) is 9.48. The molecule has 5 rings (SSSR count). The second-order valence-electron chi connectivity index (χ2n) is 12.6. The molecule has 3 saturated heterocycles. The summed E-state index contributed by atoms with van der Waals surface area (Å²) in [6.07, 6.45) is 4.53. The first-order valence-corrected chi connectivity index (χ1v) is 16.5. The first-order valence-electron chi connectivity index (χ1n) is 14.5. The van der Waals surface area contributed by atoms with E-state index in [0.29, 0.717) is 48.7 Å². The summed E-state index contributed by atoms with van der Waals surface area (Å²) in [5.41, 5.74) is 3.39. The van der Waals surface area contributed by atoms with Crippen molar-refractivity contribution in [1.29, 1.82) is 0 Å². The predicted molar refractivity (Wildman–Crippen MR) is 146 cm³/mol. The third-order valence-corrected chi connectivity index (χ3v) is 11.1. The highest BCUT2D eigenvalue weighted by molar-refractivity contribution is 7.91. The first kappa shape index (κ1) is 28.2. The van der Waals surface area contributed by atoms with Gasteiger partial charge in [0.1, 0.15) is 40.8 Å². The van der Waals surface area contributed by atoms with Crippen molar-refractivity contribution in [3.8, 4) is 0 Å². The Morgan fingerprint density at radius 2 is 1.76 bits per heavy atom. The second kappa shape index (κ2) is 11.3. The van der Waals surface area contributed by atoms with Crippen LogP contribution in [0.1, 0.15) is 72.6 Å². The minimum atomic E-state index is -3.25. The Balaban J connectivity index is 1.20. The molecule has 0 aromatic carbocycles. The quantitative estimate of drug-likeness (QED) is 0.569. The summed E-state index contributed by atoms with van der Waals surface area (Å²) < 4.78 is 44.9. The summed E-state index contributed by atoms with van der Waals surface area (Å²) in [7, 11) is -3.25. The number of hydroxylamine groups is 1. The summed E-state index contributed by atoms with van der Waals surface area (Å²) in [5, 5.41) is -0.626. The Hall–Kier alpha value is -1.30. The number of halogens is 1. The number of rotatable bonds is 4. The number of alkyl halides is 1. The Kier molecular flexibility index (Phi) is 8.39. The molecule has 1 N–H and O–H groups in total. The van der Waals surface area contributed by atoms with Crippen LogP contribution in [0, 0.1) is 17.8 Å². The van der Waals surface area contributed by atoms with Crippen LogP contribution in [0.15, 0.2) is 9.98 Å². The highest BCUT2D eigenvalue weighted by Crippen LogP contribution is 2.36. The normalized spacial score (nSPS) is 41.0. The molecule has 0 radical (unpaired) electrons. The number of nitrogens with zero attached hydrogens (tertiary/aromatic N) is 4. The number of likely N-dealkylation sites (tertiary alicyclic amines) is 1. The lowest BCUT2D eigenvalue weighted by Crippen LogP contribution is -2.60. The fraction of sp³-hybridized carbons (Fsp3) is 0.926. The van der Waals surface area contributed by atoms with E-state index in [1.807, 2.05) is 6.92 Å². The number of fused-ring (bicyclic) bond motifs is 2. The van der Waals surface area contributed by atoms with Gasteiger partial charge in [0, 0.05) is 37.5 Å². The molecule has 4 heterocycles. The topological polar surface area (TPSA) is 95.8 Å². The highest BCUT2D eigenvalue weighted by atomic mass is 32.2. The molecular weight excluding hydrogens is 509 g/mol. The van der Waals surface area contributed by atoms with E-state index in [1.54, 1.807) is 0 Å². The van der Waals surface area contributed by atoms with Crippen molar-refractivity contribution in [1.82, 2.24) is 15.3 Å². The van der Waals surface area contributed by atoms with E-state index in [0.717, 1.165) is 44.6 Å². The van der Waals surface area contributed by atoms with Crippen molar-refractivity contribution in [2.45, 2.75) is 115 Å². The van der Waals surface area contributed by atoms with Crippen LogP contribution in [0.25, 0.3) is 0 Å². The van der Waals surface area contributed by atoms with Crippen LogP contribution in [-0.4, -0.2) is 97.8 Å². The highest BCUT2D eigenvalue weighted by Gasteiger charge is 2.47. The van der Waals surface area contributed by atoms with Crippen LogP contribution < -0.4 is 5.48 Å². The molecule has 9 atom stereocenters. The lowest BCUT2D eigenvalue weighted by atomic mass is 9.89. The molecule has 0 amide bonds. The number of hydrogen-bond donors (Lipinski definition) is 1.